The second-order valence-electron chi connectivity index (χ2n) is 7.49. The van der Waals surface area contributed by atoms with Gasteiger partial charge in [0.1, 0.15) is 10.5 Å². The number of thiazole rings is 1. The zero-order valence-corrected chi connectivity index (χ0v) is 17.7. The van der Waals surface area contributed by atoms with E-state index < -0.39 is 11.5 Å². The SMILES string of the molecule is CCCC1=CCC(C)C=C1c1nc(CC(=O)NC(C)(C)C(=O)OCC)cs1.[HH]. The molecule has 1 aromatic rings. The van der Waals surface area contributed by atoms with Gasteiger partial charge in [-0.15, -0.1) is 11.3 Å². The number of rotatable bonds is 8. The lowest BCUT2D eigenvalue weighted by atomic mass is 9.89. The highest BCUT2D eigenvalue weighted by Gasteiger charge is 2.31. The summed E-state index contributed by atoms with van der Waals surface area (Å²) in [6.07, 6.45) is 7.97. The Hall–Kier alpha value is -1.95. The minimum absolute atomic E-state index is 0. The van der Waals surface area contributed by atoms with Crippen molar-refractivity contribution < 1.29 is 15.8 Å². The fourth-order valence-corrected chi connectivity index (χ4v) is 3.92. The van der Waals surface area contributed by atoms with Crippen LogP contribution >= 0.6 is 11.3 Å². The Balaban J connectivity index is 0.00000392. The lowest BCUT2D eigenvalue weighted by Gasteiger charge is -2.23. The highest BCUT2D eigenvalue weighted by Crippen LogP contribution is 2.34. The zero-order valence-electron chi connectivity index (χ0n) is 16.9. The number of nitrogens with one attached hydrogen (secondary N) is 1. The van der Waals surface area contributed by atoms with Crippen LogP contribution in [-0.4, -0.2) is 29.0 Å². The monoisotopic (exact) mass is 392 g/mol. The molecule has 6 heteroatoms. The summed E-state index contributed by atoms with van der Waals surface area (Å²) in [5.41, 5.74) is 2.23. The number of ether oxygens (including phenoxy) is 1. The molecule has 1 aliphatic rings. The van der Waals surface area contributed by atoms with E-state index in [1.807, 2.05) is 5.38 Å². The van der Waals surface area contributed by atoms with Crippen LogP contribution in [0.2, 0.25) is 0 Å². The van der Waals surface area contributed by atoms with Gasteiger partial charge in [0.15, 0.2) is 0 Å². The number of carbonyl (C=O) groups excluding carboxylic acids is 2. The summed E-state index contributed by atoms with van der Waals surface area (Å²) in [6.45, 7) is 9.71. The van der Waals surface area contributed by atoms with Crippen molar-refractivity contribution in [3.63, 3.8) is 0 Å². The highest BCUT2D eigenvalue weighted by atomic mass is 32.1. The Morgan fingerprint density at radius 2 is 2.15 bits per heavy atom. The standard InChI is InChI=1S/C21H30N2O3S.H2/c1-6-8-15-10-9-14(3)11-17(15)19-22-16(13-27-19)12-18(24)23-21(4,5)20(25)26-7-2;/h10-11,13-14H,6-9,12H2,1-5H3,(H,23,24);1H. The molecule has 0 aliphatic heterocycles. The molecule has 0 saturated heterocycles. The van der Waals surface area contributed by atoms with Crippen molar-refractivity contribution in [3.8, 4) is 0 Å². The summed E-state index contributed by atoms with van der Waals surface area (Å²) >= 11 is 1.57. The van der Waals surface area contributed by atoms with Crippen molar-refractivity contribution >= 4 is 28.8 Å². The van der Waals surface area contributed by atoms with Crippen molar-refractivity contribution in [2.75, 3.05) is 6.61 Å². The molecule has 0 bridgehead atoms. The number of carbonyl (C=O) groups is 2. The van der Waals surface area contributed by atoms with E-state index in [4.69, 9.17) is 4.74 Å². The highest BCUT2D eigenvalue weighted by molar-refractivity contribution is 7.10. The third-order valence-corrected chi connectivity index (χ3v) is 5.34. The van der Waals surface area contributed by atoms with Crippen LogP contribution in [-0.2, 0) is 20.7 Å². The molecule has 0 aromatic carbocycles. The number of hydrogen-bond acceptors (Lipinski definition) is 5. The number of esters is 1. The first-order valence-electron chi connectivity index (χ1n) is 9.61. The van der Waals surface area contributed by atoms with Gasteiger partial charge in [-0.25, -0.2) is 9.78 Å². The van der Waals surface area contributed by atoms with Gasteiger partial charge in [-0.3, -0.25) is 4.79 Å². The summed E-state index contributed by atoms with van der Waals surface area (Å²) in [5.74, 6) is -0.171. The molecule has 1 aliphatic carbocycles. The topological polar surface area (TPSA) is 68.3 Å². The van der Waals surface area contributed by atoms with E-state index in [9.17, 15) is 9.59 Å². The van der Waals surface area contributed by atoms with Crippen LogP contribution in [0, 0.1) is 5.92 Å². The number of amides is 1. The lowest BCUT2D eigenvalue weighted by Crippen LogP contribution is -2.51. The minimum Gasteiger partial charge on any atom is -0.464 e. The Morgan fingerprint density at radius 3 is 2.81 bits per heavy atom. The smallest absolute Gasteiger partial charge is 0.331 e. The first kappa shape index (κ1) is 21.4. The maximum atomic E-state index is 12.4. The van der Waals surface area contributed by atoms with Gasteiger partial charge in [0.2, 0.25) is 5.91 Å². The maximum absolute atomic E-state index is 12.4. The third kappa shape index (κ3) is 5.76. The third-order valence-electron chi connectivity index (χ3n) is 4.41. The van der Waals surface area contributed by atoms with Crippen LogP contribution in [0.1, 0.15) is 66.0 Å². The Bertz CT molecular complexity index is 753. The Labute approximate surface area is 167 Å². The molecule has 1 aromatic heterocycles. The van der Waals surface area contributed by atoms with Crippen LogP contribution in [0.25, 0.3) is 5.57 Å². The van der Waals surface area contributed by atoms with Gasteiger partial charge in [0.25, 0.3) is 0 Å². The molecule has 1 N–H and O–H groups in total. The summed E-state index contributed by atoms with van der Waals surface area (Å²) in [5, 5.41) is 5.63. The molecule has 1 heterocycles. The molecule has 1 amide bonds. The van der Waals surface area contributed by atoms with Gasteiger partial charge >= 0.3 is 5.97 Å². The van der Waals surface area contributed by atoms with Gasteiger partial charge in [-0.2, -0.15) is 0 Å². The average Bonchev–Trinajstić information content (AvgIpc) is 3.04. The van der Waals surface area contributed by atoms with Gasteiger partial charge in [0, 0.05) is 12.4 Å². The molecule has 2 rings (SSSR count). The fraction of sp³-hybridized carbons (Fsp3) is 0.571. The number of nitrogens with zero attached hydrogens (tertiary/aromatic N) is 1. The molecule has 27 heavy (non-hydrogen) atoms. The van der Waals surface area contributed by atoms with Gasteiger partial charge in [-0.1, -0.05) is 32.4 Å². The molecule has 0 radical (unpaired) electrons. The first-order chi connectivity index (χ1) is 12.8. The fourth-order valence-electron chi connectivity index (χ4n) is 3.04. The molecular weight excluding hydrogens is 360 g/mol. The largest absolute Gasteiger partial charge is 0.464 e. The van der Waals surface area contributed by atoms with E-state index in [2.05, 4.69) is 36.3 Å². The molecule has 0 fully saturated rings. The second kappa shape index (κ2) is 9.31. The van der Waals surface area contributed by atoms with Crippen molar-refractivity contribution in [3.05, 3.63) is 33.8 Å². The Morgan fingerprint density at radius 1 is 1.41 bits per heavy atom. The molecule has 0 spiro atoms. The van der Waals surface area contributed by atoms with Gasteiger partial charge < -0.3 is 10.1 Å². The summed E-state index contributed by atoms with van der Waals surface area (Å²) < 4.78 is 5.01. The summed E-state index contributed by atoms with van der Waals surface area (Å²) in [4.78, 5) is 29.0. The normalized spacial score (nSPS) is 17.1. The molecular formula is C21H32N2O3S. The summed E-state index contributed by atoms with van der Waals surface area (Å²) in [7, 11) is 0. The average molecular weight is 393 g/mol. The number of aromatic nitrogens is 1. The van der Waals surface area contributed by atoms with E-state index >= 15 is 0 Å². The molecule has 0 saturated carbocycles. The van der Waals surface area contributed by atoms with Crippen LogP contribution < -0.4 is 5.32 Å². The van der Waals surface area contributed by atoms with Crippen LogP contribution in [0.3, 0.4) is 0 Å². The molecule has 150 valence electrons. The van der Waals surface area contributed by atoms with Gasteiger partial charge in [0.05, 0.1) is 18.7 Å². The number of hydrogen-bond donors (Lipinski definition) is 1. The summed E-state index contributed by atoms with van der Waals surface area (Å²) in [6, 6.07) is 0. The van der Waals surface area contributed by atoms with Crippen molar-refractivity contribution in [1.82, 2.24) is 10.3 Å². The zero-order chi connectivity index (χ0) is 20.0. The Kier molecular flexibility index (Phi) is 7.36. The predicted molar refractivity (Wildman–Crippen MR) is 112 cm³/mol. The molecule has 5 nitrogen and oxygen atoms in total. The van der Waals surface area contributed by atoms with E-state index in [0.29, 0.717) is 5.92 Å². The molecule has 1 atom stereocenters. The van der Waals surface area contributed by atoms with Crippen molar-refractivity contribution in [1.29, 1.82) is 0 Å². The first-order valence-corrected chi connectivity index (χ1v) is 10.5. The van der Waals surface area contributed by atoms with E-state index in [1.165, 1.54) is 11.1 Å². The van der Waals surface area contributed by atoms with Gasteiger partial charge in [-0.05, 0) is 45.1 Å². The quantitative estimate of drug-likeness (QED) is 0.660. The van der Waals surface area contributed by atoms with Crippen LogP contribution in [0.5, 0.6) is 0 Å². The van der Waals surface area contributed by atoms with Crippen LogP contribution in [0.4, 0.5) is 0 Å². The van der Waals surface area contributed by atoms with Crippen LogP contribution in [0.15, 0.2) is 23.1 Å². The maximum Gasteiger partial charge on any atom is 0.331 e. The van der Waals surface area contributed by atoms with E-state index in [0.717, 1.165) is 30.0 Å². The molecule has 1 unspecified atom stereocenters. The second-order valence-corrected chi connectivity index (χ2v) is 8.35. The minimum atomic E-state index is -1.05. The van der Waals surface area contributed by atoms with Crippen molar-refractivity contribution in [2.24, 2.45) is 5.92 Å². The number of allylic oxidation sites excluding steroid dienone is 4. The van der Waals surface area contributed by atoms with E-state index in [-0.39, 0.29) is 20.4 Å². The lowest BCUT2D eigenvalue weighted by molar-refractivity contribution is -0.151. The predicted octanol–water partition coefficient (Wildman–Crippen LogP) is 4.54. The van der Waals surface area contributed by atoms with E-state index in [1.54, 1.807) is 32.1 Å². The van der Waals surface area contributed by atoms with Crippen molar-refractivity contribution in [2.45, 2.75) is 65.8 Å².